The molecule has 0 aliphatic heterocycles. The molecule has 0 unspecified atom stereocenters. The van der Waals surface area contributed by atoms with E-state index in [-0.39, 0.29) is 16.4 Å². The Morgan fingerprint density at radius 1 is 1.13 bits per heavy atom. The highest BCUT2D eigenvalue weighted by atomic mass is 32.2. The molecule has 0 fully saturated rings. The molecule has 0 radical (unpaired) electrons. The largest absolute Gasteiger partial charge is 0.321 e. The number of carbonyl (C=O) groups excluding carboxylic acids is 1. The summed E-state index contributed by atoms with van der Waals surface area (Å²) in [5.41, 5.74) is 3.57. The van der Waals surface area contributed by atoms with Crippen molar-refractivity contribution < 1.29 is 17.6 Å². The Balaban J connectivity index is 1.71. The molecule has 2 aromatic carbocycles. The molecule has 0 saturated heterocycles. The Hall–Kier alpha value is -3.04. The van der Waals surface area contributed by atoms with Crippen LogP contribution < -0.4 is 10.5 Å². The zero-order chi connectivity index (χ0) is 21.5. The average Bonchev–Trinajstić information content (AvgIpc) is 3.09. The maximum Gasteiger partial charge on any atom is 0.276 e. The van der Waals surface area contributed by atoms with E-state index >= 15 is 0 Å². The smallest absolute Gasteiger partial charge is 0.276 e. The first kappa shape index (κ1) is 20.2. The van der Waals surface area contributed by atoms with Gasteiger partial charge in [0.15, 0.2) is 5.69 Å². The molecule has 3 aromatic rings. The third kappa shape index (κ3) is 3.86. The highest BCUT2D eigenvalue weighted by Crippen LogP contribution is 2.28. The molecule has 0 atom stereocenters. The van der Waals surface area contributed by atoms with Gasteiger partial charge >= 0.3 is 0 Å². The lowest BCUT2D eigenvalue weighted by Crippen LogP contribution is -2.17. The monoisotopic (exact) mass is 428 g/mol. The number of anilines is 1. The van der Waals surface area contributed by atoms with Gasteiger partial charge in [0, 0.05) is 16.9 Å². The lowest BCUT2D eigenvalue weighted by atomic mass is 9.95. The van der Waals surface area contributed by atoms with Crippen LogP contribution in [0, 0.1) is 12.7 Å². The first-order valence-corrected chi connectivity index (χ1v) is 11.1. The number of aromatic nitrogens is 2. The molecule has 3 N–H and O–H groups in total. The number of sulfonamides is 1. The van der Waals surface area contributed by atoms with Crippen molar-refractivity contribution in [3.05, 3.63) is 70.8 Å². The molecule has 156 valence electrons. The molecular formula is C21H21FN4O3S. The van der Waals surface area contributed by atoms with Gasteiger partial charge < -0.3 is 5.32 Å². The molecule has 30 heavy (non-hydrogen) atoms. The van der Waals surface area contributed by atoms with Crippen molar-refractivity contribution in [2.45, 2.75) is 37.5 Å². The summed E-state index contributed by atoms with van der Waals surface area (Å²) in [6.45, 7) is 1.63. The zero-order valence-corrected chi connectivity index (χ0v) is 17.2. The lowest BCUT2D eigenvalue weighted by Gasteiger charge is -2.14. The Bertz CT molecular complexity index is 1230. The van der Waals surface area contributed by atoms with Crippen molar-refractivity contribution in [2.75, 3.05) is 5.32 Å². The predicted octanol–water partition coefficient (Wildman–Crippen LogP) is 3.10. The summed E-state index contributed by atoms with van der Waals surface area (Å²) in [6, 6.07) is 10.5. The number of carbonyl (C=O) groups is 1. The number of hydrogen-bond acceptors (Lipinski definition) is 4. The minimum atomic E-state index is -3.91. The number of halogens is 1. The standard InChI is InChI=1S/C21H21FN4O3S/c1-13-6-9-15(12-19(13)30(23,28)29)24-21(27)20-17-4-2-3-5-18(17)26(25-20)16-10-7-14(22)8-11-16/h6-12H,2-5H2,1H3,(H,24,27)(H2,23,28,29). The normalized spacial score (nSPS) is 13.7. The highest BCUT2D eigenvalue weighted by molar-refractivity contribution is 7.89. The molecular weight excluding hydrogens is 407 g/mol. The van der Waals surface area contributed by atoms with Crippen molar-refractivity contribution >= 4 is 21.6 Å². The number of rotatable bonds is 4. The molecule has 1 aromatic heterocycles. The second kappa shape index (κ2) is 7.66. The van der Waals surface area contributed by atoms with Crippen molar-refractivity contribution in [1.29, 1.82) is 0 Å². The van der Waals surface area contributed by atoms with E-state index in [1.807, 2.05) is 0 Å². The van der Waals surface area contributed by atoms with Crippen LogP contribution in [0.15, 0.2) is 47.4 Å². The quantitative estimate of drug-likeness (QED) is 0.666. The van der Waals surface area contributed by atoms with Gasteiger partial charge in [0.2, 0.25) is 10.0 Å². The number of aryl methyl sites for hydroxylation is 1. The first-order valence-electron chi connectivity index (χ1n) is 9.55. The number of nitrogens with one attached hydrogen (secondary N) is 1. The number of benzene rings is 2. The van der Waals surface area contributed by atoms with Crippen LogP contribution >= 0.6 is 0 Å². The van der Waals surface area contributed by atoms with Crippen molar-refractivity contribution in [3.8, 4) is 5.69 Å². The summed E-state index contributed by atoms with van der Waals surface area (Å²) >= 11 is 0. The summed E-state index contributed by atoms with van der Waals surface area (Å²) in [7, 11) is -3.91. The van der Waals surface area contributed by atoms with Gasteiger partial charge in [-0.3, -0.25) is 4.79 Å². The molecule has 7 nitrogen and oxygen atoms in total. The van der Waals surface area contributed by atoms with Crippen LogP contribution in [-0.4, -0.2) is 24.1 Å². The maximum atomic E-state index is 13.3. The summed E-state index contributed by atoms with van der Waals surface area (Å²) in [4.78, 5) is 13.0. The van der Waals surface area contributed by atoms with Gasteiger partial charge in [0.25, 0.3) is 5.91 Å². The molecule has 0 bridgehead atoms. The van der Waals surface area contributed by atoms with Gasteiger partial charge in [-0.25, -0.2) is 22.6 Å². The Morgan fingerprint density at radius 2 is 1.83 bits per heavy atom. The fraction of sp³-hybridized carbons (Fsp3) is 0.238. The van der Waals surface area contributed by atoms with Crippen LogP contribution in [0.2, 0.25) is 0 Å². The van der Waals surface area contributed by atoms with Gasteiger partial charge in [-0.05, 0) is 74.6 Å². The zero-order valence-electron chi connectivity index (χ0n) is 16.4. The SMILES string of the molecule is Cc1ccc(NC(=O)c2nn(-c3ccc(F)cc3)c3c2CCCC3)cc1S(N)(=O)=O. The topological polar surface area (TPSA) is 107 Å². The third-order valence-electron chi connectivity index (χ3n) is 5.22. The number of primary sulfonamides is 1. The van der Waals surface area contributed by atoms with Crippen molar-refractivity contribution in [1.82, 2.24) is 9.78 Å². The maximum absolute atomic E-state index is 13.3. The Kier molecular flexibility index (Phi) is 5.17. The predicted molar refractivity (Wildman–Crippen MR) is 111 cm³/mol. The summed E-state index contributed by atoms with van der Waals surface area (Å²) in [5.74, 6) is -0.777. The van der Waals surface area contributed by atoms with Gasteiger partial charge in [-0.2, -0.15) is 5.10 Å². The number of hydrogen-bond donors (Lipinski definition) is 2. The molecule has 4 rings (SSSR count). The minimum absolute atomic E-state index is 0.0424. The number of amides is 1. The van der Waals surface area contributed by atoms with Crippen LogP contribution in [0.1, 0.15) is 40.2 Å². The van der Waals surface area contributed by atoms with Crippen molar-refractivity contribution in [3.63, 3.8) is 0 Å². The van der Waals surface area contributed by atoms with Crippen molar-refractivity contribution in [2.24, 2.45) is 5.14 Å². The number of nitrogens with zero attached hydrogens (tertiary/aromatic N) is 2. The number of fused-ring (bicyclic) bond motifs is 1. The molecule has 1 amide bonds. The Labute approximate surface area is 173 Å². The highest BCUT2D eigenvalue weighted by Gasteiger charge is 2.26. The second-order valence-corrected chi connectivity index (χ2v) is 8.88. The average molecular weight is 428 g/mol. The fourth-order valence-electron chi connectivity index (χ4n) is 3.75. The molecule has 0 spiro atoms. The van der Waals surface area contributed by atoms with E-state index < -0.39 is 15.9 Å². The minimum Gasteiger partial charge on any atom is -0.321 e. The van der Waals surface area contributed by atoms with Gasteiger partial charge in [0.05, 0.1) is 10.6 Å². The van der Waals surface area contributed by atoms with Crippen LogP contribution in [0.3, 0.4) is 0 Å². The van der Waals surface area contributed by atoms with Gasteiger partial charge in [-0.15, -0.1) is 0 Å². The summed E-state index contributed by atoms with van der Waals surface area (Å²) < 4.78 is 38.5. The summed E-state index contributed by atoms with van der Waals surface area (Å²) in [5, 5.41) is 12.5. The van der Waals surface area contributed by atoms with Crippen LogP contribution in [-0.2, 0) is 22.9 Å². The fourth-order valence-corrected chi connectivity index (χ4v) is 4.56. The number of nitrogens with two attached hydrogens (primary N) is 1. The first-order chi connectivity index (χ1) is 14.2. The lowest BCUT2D eigenvalue weighted by molar-refractivity contribution is 0.102. The molecule has 0 saturated carbocycles. The Morgan fingerprint density at radius 3 is 2.53 bits per heavy atom. The molecule has 1 aliphatic rings. The van der Waals surface area contributed by atoms with E-state index in [1.165, 1.54) is 18.2 Å². The molecule has 9 heteroatoms. The van der Waals surface area contributed by atoms with Gasteiger partial charge in [-0.1, -0.05) is 6.07 Å². The van der Waals surface area contributed by atoms with E-state index in [0.29, 0.717) is 16.9 Å². The van der Waals surface area contributed by atoms with E-state index in [0.717, 1.165) is 36.9 Å². The van der Waals surface area contributed by atoms with E-state index in [4.69, 9.17) is 5.14 Å². The molecule has 1 aliphatic carbocycles. The van der Waals surface area contributed by atoms with E-state index in [9.17, 15) is 17.6 Å². The van der Waals surface area contributed by atoms with Gasteiger partial charge in [0.1, 0.15) is 5.82 Å². The third-order valence-corrected chi connectivity index (χ3v) is 6.27. The second-order valence-electron chi connectivity index (χ2n) is 7.35. The summed E-state index contributed by atoms with van der Waals surface area (Å²) in [6.07, 6.45) is 3.42. The van der Waals surface area contributed by atoms with E-state index in [2.05, 4.69) is 10.4 Å². The van der Waals surface area contributed by atoms with Crippen LogP contribution in [0.5, 0.6) is 0 Å². The van der Waals surface area contributed by atoms with E-state index in [1.54, 1.807) is 35.9 Å². The van der Waals surface area contributed by atoms with Crippen LogP contribution in [0.4, 0.5) is 10.1 Å². The molecule has 1 heterocycles. The van der Waals surface area contributed by atoms with Crippen LogP contribution in [0.25, 0.3) is 5.69 Å².